The second-order valence-electron chi connectivity index (χ2n) is 26.3. The molecule has 15 aromatic carbocycles. The van der Waals surface area contributed by atoms with Crippen LogP contribution in [0.15, 0.2) is 341 Å². The molecule has 0 N–H and O–H groups in total. The van der Waals surface area contributed by atoms with Crippen molar-refractivity contribution in [2.24, 2.45) is 0 Å². The van der Waals surface area contributed by atoms with Crippen LogP contribution < -0.4 is 0 Å². The van der Waals surface area contributed by atoms with Gasteiger partial charge in [0.05, 0.1) is 56.3 Å². The third-order valence-corrected chi connectivity index (χ3v) is 20.6. The maximum atomic E-state index is 9.79. The van der Waals surface area contributed by atoms with E-state index in [0.29, 0.717) is 45.6 Å². The fourth-order valence-corrected chi connectivity index (χ4v) is 15.9. The first-order valence-corrected chi connectivity index (χ1v) is 34.5. The molecular weight excluding hydrogens is 1260 g/mol. The van der Waals surface area contributed by atoms with Crippen LogP contribution in [0, 0.1) is 6.57 Å². The lowest BCUT2D eigenvalue weighted by Crippen LogP contribution is -2.08. The first-order chi connectivity index (χ1) is 51.0. The van der Waals surface area contributed by atoms with Crippen LogP contribution >= 0.6 is 0 Å². The average Bonchev–Trinajstić information content (AvgIpc) is 1.21. The summed E-state index contributed by atoms with van der Waals surface area (Å²) in [4.78, 5) is 21.5. The van der Waals surface area contributed by atoms with Gasteiger partial charge in [0.1, 0.15) is 33.5 Å². The number of para-hydroxylation sites is 2. The highest BCUT2D eigenvalue weighted by Gasteiger charge is 2.32. The smallest absolute Gasteiger partial charge is 0.212 e. The molecule has 0 radical (unpaired) electrons. The van der Waals surface area contributed by atoms with E-state index in [-0.39, 0.29) is 0 Å². The highest BCUT2D eigenvalue weighted by atomic mass is 16.3. The second kappa shape index (κ2) is 22.9. The quantitative estimate of drug-likeness (QED) is 0.127. The molecule has 9 nitrogen and oxygen atoms in total. The molecule has 21 aromatic rings. The summed E-state index contributed by atoms with van der Waals surface area (Å²) in [5.41, 5.74) is 22.1. The molecule has 0 unspecified atom stereocenters. The predicted molar refractivity (Wildman–Crippen MR) is 420 cm³/mol. The number of furan rings is 3. The van der Waals surface area contributed by atoms with Crippen molar-refractivity contribution in [1.82, 2.24) is 24.1 Å². The van der Waals surface area contributed by atoms with Gasteiger partial charge in [0.15, 0.2) is 17.5 Å². The maximum absolute atomic E-state index is 9.79. The van der Waals surface area contributed by atoms with Gasteiger partial charge in [-0.3, -0.25) is 0 Å². The number of rotatable bonds is 10. The lowest BCUT2D eigenvalue weighted by atomic mass is 9.94. The minimum Gasteiger partial charge on any atom is -0.455 e. The van der Waals surface area contributed by atoms with Crippen LogP contribution in [0.2, 0.25) is 0 Å². The molecule has 0 aliphatic rings. The molecule has 0 aliphatic heterocycles. The first-order valence-electron chi connectivity index (χ1n) is 34.5. The third kappa shape index (κ3) is 9.08. The van der Waals surface area contributed by atoms with Gasteiger partial charge in [-0.25, -0.2) is 19.8 Å². The predicted octanol–water partition coefficient (Wildman–Crippen LogP) is 25.7. The molecule has 6 aromatic heterocycles. The molecule has 0 spiro atoms. The van der Waals surface area contributed by atoms with Crippen molar-refractivity contribution in [2.45, 2.75) is 0 Å². The third-order valence-electron chi connectivity index (χ3n) is 20.6. The van der Waals surface area contributed by atoms with Crippen LogP contribution in [0.1, 0.15) is 0 Å². The van der Waals surface area contributed by atoms with Gasteiger partial charge in [0.2, 0.25) is 5.69 Å². The summed E-state index contributed by atoms with van der Waals surface area (Å²) in [5, 5.41) is 9.70. The maximum Gasteiger partial charge on any atom is 0.212 e. The number of fused-ring (bicyclic) bond motifs is 17. The molecule has 0 bridgehead atoms. The number of hydrogen-bond donors (Lipinski definition) is 0. The molecule has 21 rings (SSSR count). The zero-order valence-electron chi connectivity index (χ0n) is 55.1. The van der Waals surface area contributed by atoms with Gasteiger partial charge < -0.3 is 22.4 Å². The van der Waals surface area contributed by atoms with Gasteiger partial charge in [0.25, 0.3) is 0 Å². The zero-order valence-corrected chi connectivity index (χ0v) is 55.1. The van der Waals surface area contributed by atoms with Gasteiger partial charge >= 0.3 is 0 Å². The Hall–Kier alpha value is -14.2. The Labute approximate surface area is 589 Å². The molecule has 0 amide bonds. The lowest BCUT2D eigenvalue weighted by molar-refractivity contribution is 0.669. The summed E-state index contributed by atoms with van der Waals surface area (Å²) in [6.07, 6.45) is 0. The Bertz CT molecular complexity index is 7090. The fourth-order valence-electron chi connectivity index (χ4n) is 15.9. The second-order valence-corrected chi connectivity index (χ2v) is 26.3. The van der Waals surface area contributed by atoms with Crippen LogP contribution in [-0.2, 0) is 0 Å². The Morgan fingerprint density at radius 1 is 0.252 bits per heavy atom. The van der Waals surface area contributed by atoms with Crippen molar-refractivity contribution in [2.75, 3.05) is 0 Å². The molecule has 9 heteroatoms. The van der Waals surface area contributed by atoms with E-state index >= 15 is 0 Å². The van der Waals surface area contributed by atoms with E-state index in [9.17, 15) is 6.57 Å². The van der Waals surface area contributed by atoms with Gasteiger partial charge in [-0.15, -0.1) is 0 Å². The fraction of sp³-hybridized carbons (Fsp3) is 0. The van der Waals surface area contributed by atoms with Crippen molar-refractivity contribution in [3.05, 3.63) is 339 Å². The summed E-state index contributed by atoms with van der Waals surface area (Å²) >= 11 is 0. The Balaban J connectivity index is 0.937. The monoisotopic (exact) mass is 1310 g/mol. The van der Waals surface area contributed by atoms with Crippen molar-refractivity contribution >= 4 is 115 Å². The summed E-state index contributed by atoms with van der Waals surface area (Å²) in [6.45, 7) is 9.79. The average molecular weight is 1320 g/mol. The minimum atomic E-state index is 0.350. The van der Waals surface area contributed by atoms with Crippen LogP contribution in [-0.4, -0.2) is 24.1 Å². The van der Waals surface area contributed by atoms with Crippen molar-refractivity contribution in [3.8, 4) is 101 Å². The number of nitrogens with zero attached hydrogens (tertiary/aromatic N) is 6. The van der Waals surface area contributed by atoms with Crippen LogP contribution in [0.3, 0.4) is 0 Å². The molecule has 6 heterocycles. The standard InChI is InChI=1S/C94H54N6O3/c1-95-76-55-75(94-97-92(61-33-18-7-19-34-61)96-93(98-94)70-37-22-36-67-66-35-20-21-38-81(66)101-89(67)70)87(99-77-45-39-62(56-23-8-2-9-24-56)53-73(77)85-79(99)47-43-68-71-51-64(58-27-12-4-13-28-58)41-49-82(71)102-90(68)85)84(60-31-16-6-17-32-60)88(76)100-78-46-40-63(57-25-10-3-11-26-57)54-74(78)86-80(100)48-44-69-72-52-65(59-29-14-5-15-30-59)42-50-83(72)103-91(69)86/h2-55H. The van der Waals surface area contributed by atoms with E-state index in [1.807, 2.05) is 84.9 Å². The molecule has 0 saturated heterocycles. The van der Waals surface area contributed by atoms with Gasteiger partial charge in [-0.2, -0.15) is 0 Å². The van der Waals surface area contributed by atoms with Crippen LogP contribution in [0.4, 0.5) is 5.69 Å². The minimum absolute atomic E-state index is 0.350. The topological polar surface area (TPSA) is 92.3 Å². The summed E-state index contributed by atoms with van der Waals surface area (Å²) < 4.78 is 26.1. The van der Waals surface area contributed by atoms with Crippen molar-refractivity contribution in [1.29, 1.82) is 0 Å². The van der Waals surface area contributed by atoms with Gasteiger partial charge in [-0.05, 0) is 141 Å². The van der Waals surface area contributed by atoms with Crippen LogP contribution in [0.25, 0.3) is 215 Å². The van der Waals surface area contributed by atoms with E-state index in [1.54, 1.807) is 0 Å². The van der Waals surface area contributed by atoms with Crippen molar-refractivity contribution in [3.63, 3.8) is 0 Å². The van der Waals surface area contributed by atoms with Gasteiger partial charge in [0, 0.05) is 59.8 Å². The molecule has 103 heavy (non-hydrogen) atoms. The summed E-state index contributed by atoms with van der Waals surface area (Å²) in [5.74, 6) is 1.21. The first kappa shape index (κ1) is 57.8. The molecular formula is C94H54N6O3. The zero-order chi connectivity index (χ0) is 67.8. The largest absolute Gasteiger partial charge is 0.455 e. The Morgan fingerprint density at radius 2 is 0.631 bits per heavy atom. The lowest BCUT2D eigenvalue weighted by Gasteiger charge is -2.24. The van der Waals surface area contributed by atoms with E-state index in [0.717, 1.165) is 171 Å². The number of hydrogen-bond acceptors (Lipinski definition) is 6. The summed E-state index contributed by atoms with van der Waals surface area (Å²) in [7, 11) is 0. The summed E-state index contributed by atoms with van der Waals surface area (Å²) in [6, 6.07) is 114. The highest BCUT2D eigenvalue weighted by molar-refractivity contribution is 6.27. The SMILES string of the molecule is [C-]#[N+]c1cc(-c2nc(-c3ccccc3)nc(-c3cccc4c3oc3ccccc34)n2)c(-n2c3ccc(-c4ccccc4)cc3c3c4oc5ccc(-c6ccccc6)cc5c4ccc32)c(-c2ccccc2)c1-n1c2ccc(-c3ccccc3)cc2c2c3oc4ccc(-c5ccccc5)cc4c3ccc21. The Kier molecular flexibility index (Phi) is 12.9. The van der Waals surface area contributed by atoms with E-state index < -0.39 is 0 Å². The highest BCUT2D eigenvalue weighted by Crippen LogP contribution is 2.53. The molecule has 0 saturated carbocycles. The Morgan fingerprint density at radius 3 is 1.14 bits per heavy atom. The van der Waals surface area contributed by atoms with Gasteiger partial charge in [-0.1, -0.05) is 237 Å². The molecule has 0 fully saturated rings. The number of aromatic nitrogens is 5. The molecule has 0 aliphatic carbocycles. The van der Waals surface area contributed by atoms with E-state index in [4.69, 9.17) is 33.0 Å². The number of benzene rings is 15. The van der Waals surface area contributed by atoms with E-state index in [2.05, 4.69) is 252 Å². The van der Waals surface area contributed by atoms with E-state index in [1.165, 1.54) is 0 Å². The normalized spacial score (nSPS) is 11.9. The molecule has 0 atom stereocenters. The van der Waals surface area contributed by atoms with Crippen molar-refractivity contribution < 1.29 is 13.3 Å². The van der Waals surface area contributed by atoms with Crippen LogP contribution in [0.5, 0.6) is 0 Å². The molecule has 478 valence electrons.